The fourth-order valence-electron chi connectivity index (χ4n) is 9.04. The molecule has 0 heterocycles. The van der Waals surface area contributed by atoms with E-state index in [0.29, 0.717) is 19.3 Å². The maximum Gasteiger partial charge on any atom is 0.306 e. The second kappa shape index (κ2) is 58.2. The van der Waals surface area contributed by atoms with Crippen LogP contribution < -0.4 is 0 Å². The van der Waals surface area contributed by atoms with Gasteiger partial charge in [-0.15, -0.1) is 0 Å². The Bertz CT molecular complexity index is 1160. The Morgan fingerprint density at radius 3 is 0.841 bits per heavy atom. The van der Waals surface area contributed by atoms with Gasteiger partial charge < -0.3 is 14.2 Å². The Hall–Kier alpha value is -2.37. The zero-order chi connectivity index (χ0) is 50.0. The van der Waals surface area contributed by atoms with E-state index in [2.05, 4.69) is 57.2 Å². The Kier molecular flexibility index (Phi) is 56.2. The summed E-state index contributed by atoms with van der Waals surface area (Å²) in [6.45, 7) is 6.66. The van der Waals surface area contributed by atoms with Gasteiger partial charge in [0.25, 0.3) is 0 Å². The molecule has 0 spiro atoms. The molecule has 69 heavy (non-hydrogen) atoms. The summed E-state index contributed by atoms with van der Waals surface area (Å²) in [5, 5.41) is 0. The van der Waals surface area contributed by atoms with Crippen LogP contribution in [0.5, 0.6) is 0 Å². The van der Waals surface area contributed by atoms with E-state index in [4.69, 9.17) is 14.2 Å². The molecule has 6 heteroatoms. The number of esters is 3. The fraction of sp³-hybridized carbons (Fsp3) is 0.857. The Labute approximate surface area is 429 Å². The van der Waals surface area contributed by atoms with Gasteiger partial charge in [0, 0.05) is 19.3 Å². The monoisotopic (exact) mass is 969 g/mol. The number of carbonyl (C=O) groups is 3. The standard InChI is InChI=1S/C63H116O6/c1-4-7-10-13-16-19-22-25-28-30-32-34-35-38-41-44-47-50-53-56-62(65)68-59-60(58-67-61(64)55-52-49-46-43-40-37-27-24-21-18-15-12-9-6-3)69-63(66)57-54-51-48-45-42-39-36-33-31-29-26-23-20-17-14-11-8-5-2/h16,19,25,28,32,34,60H,4-15,17-18,20-24,26-27,29-31,33,35-59H2,1-3H3/b19-16-,28-25-,34-32-. The maximum atomic E-state index is 12.9. The molecule has 0 N–H and O–H groups in total. The lowest BCUT2D eigenvalue weighted by atomic mass is 10.0. The second-order valence-corrected chi connectivity index (χ2v) is 20.6. The highest BCUT2D eigenvalue weighted by atomic mass is 16.6. The van der Waals surface area contributed by atoms with Crippen molar-refractivity contribution >= 4 is 17.9 Å². The summed E-state index contributed by atoms with van der Waals surface area (Å²) < 4.78 is 16.9. The number of carbonyl (C=O) groups excluding carboxylic acids is 3. The van der Waals surface area contributed by atoms with Crippen molar-refractivity contribution in [3.05, 3.63) is 36.5 Å². The van der Waals surface area contributed by atoms with Crippen LogP contribution in [0.1, 0.15) is 329 Å². The van der Waals surface area contributed by atoms with Crippen molar-refractivity contribution in [3.63, 3.8) is 0 Å². The molecular formula is C63H116O6. The molecule has 0 bridgehead atoms. The number of allylic oxidation sites excluding steroid dienone is 6. The minimum Gasteiger partial charge on any atom is -0.462 e. The molecule has 0 saturated heterocycles. The van der Waals surface area contributed by atoms with E-state index < -0.39 is 6.10 Å². The van der Waals surface area contributed by atoms with Gasteiger partial charge in [-0.25, -0.2) is 0 Å². The highest BCUT2D eigenvalue weighted by Crippen LogP contribution is 2.17. The summed E-state index contributed by atoms with van der Waals surface area (Å²) in [5.74, 6) is -0.861. The SMILES string of the molecule is CCCCC/C=C\C/C=C\C/C=C\CCCCCCCCC(=O)OCC(COC(=O)CCCCCCCCCCCCCCCC)OC(=O)CCCCCCCCCCCCCCCCCCCC. The van der Waals surface area contributed by atoms with E-state index in [1.807, 2.05) is 0 Å². The lowest BCUT2D eigenvalue weighted by Crippen LogP contribution is -2.30. The van der Waals surface area contributed by atoms with Crippen LogP contribution in [0.15, 0.2) is 36.5 Å². The summed E-state index contributed by atoms with van der Waals surface area (Å²) in [5.41, 5.74) is 0. The average Bonchev–Trinajstić information content (AvgIpc) is 3.35. The van der Waals surface area contributed by atoms with Crippen LogP contribution in [0, 0.1) is 0 Å². The van der Waals surface area contributed by atoms with Gasteiger partial charge in [0.15, 0.2) is 6.10 Å². The van der Waals surface area contributed by atoms with Crippen LogP contribution in [-0.2, 0) is 28.6 Å². The number of hydrogen-bond acceptors (Lipinski definition) is 6. The highest BCUT2D eigenvalue weighted by molar-refractivity contribution is 5.71. The molecule has 0 radical (unpaired) electrons. The molecule has 0 aliphatic rings. The van der Waals surface area contributed by atoms with Gasteiger partial charge in [-0.1, -0.05) is 288 Å². The Morgan fingerprint density at radius 1 is 0.290 bits per heavy atom. The number of ether oxygens (including phenoxy) is 3. The van der Waals surface area contributed by atoms with Gasteiger partial charge >= 0.3 is 17.9 Å². The third-order valence-corrected chi connectivity index (χ3v) is 13.6. The highest BCUT2D eigenvalue weighted by Gasteiger charge is 2.19. The molecule has 0 fully saturated rings. The normalized spacial score (nSPS) is 12.2. The van der Waals surface area contributed by atoms with Gasteiger partial charge in [-0.05, 0) is 57.8 Å². The van der Waals surface area contributed by atoms with Crippen LogP contribution in [0.2, 0.25) is 0 Å². The molecule has 0 aromatic rings. The molecular weight excluding hydrogens is 853 g/mol. The number of hydrogen-bond donors (Lipinski definition) is 0. The van der Waals surface area contributed by atoms with Crippen molar-refractivity contribution in [3.8, 4) is 0 Å². The van der Waals surface area contributed by atoms with Gasteiger partial charge in [-0.2, -0.15) is 0 Å². The van der Waals surface area contributed by atoms with E-state index in [9.17, 15) is 14.4 Å². The second-order valence-electron chi connectivity index (χ2n) is 20.6. The quantitative estimate of drug-likeness (QED) is 0.0261. The maximum absolute atomic E-state index is 12.9. The lowest BCUT2D eigenvalue weighted by molar-refractivity contribution is -0.167. The summed E-state index contributed by atoms with van der Waals surface area (Å²) >= 11 is 0. The first-order valence-corrected chi connectivity index (χ1v) is 30.5. The molecule has 0 aliphatic heterocycles. The van der Waals surface area contributed by atoms with Gasteiger partial charge in [0.1, 0.15) is 13.2 Å². The summed E-state index contributed by atoms with van der Waals surface area (Å²) in [6.07, 6.45) is 69.9. The van der Waals surface area contributed by atoms with E-state index in [0.717, 1.165) is 77.0 Å². The topological polar surface area (TPSA) is 78.9 Å². The molecule has 0 rings (SSSR count). The molecule has 1 unspecified atom stereocenters. The van der Waals surface area contributed by atoms with Gasteiger partial charge in [0.05, 0.1) is 0 Å². The molecule has 0 saturated carbocycles. The Balaban J connectivity index is 4.34. The third-order valence-electron chi connectivity index (χ3n) is 13.6. The van der Waals surface area contributed by atoms with E-state index >= 15 is 0 Å². The van der Waals surface area contributed by atoms with Crippen LogP contribution >= 0.6 is 0 Å². The molecule has 0 amide bonds. The first kappa shape index (κ1) is 66.6. The summed E-state index contributed by atoms with van der Waals surface area (Å²) in [7, 11) is 0. The van der Waals surface area contributed by atoms with Crippen LogP contribution in [0.25, 0.3) is 0 Å². The van der Waals surface area contributed by atoms with Crippen LogP contribution in [-0.4, -0.2) is 37.2 Å². The molecule has 0 aromatic carbocycles. The minimum absolute atomic E-state index is 0.0711. The van der Waals surface area contributed by atoms with Crippen molar-refractivity contribution in [2.24, 2.45) is 0 Å². The minimum atomic E-state index is -0.773. The van der Waals surface area contributed by atoms with E-state index in [1.54, 1.807) is 0 Å². The fourth-order valence-corrected chi connectivity index (χ4v) is 9.04. The van der Waals surface area contributed by atoms with E-state index in [1.165, 1.54) is 212 Å². The van der Waals surface area contributed by atoms with Gasteiger partial charge in [0.2, 0.25) is 0 Å². The van der Waals surface area contributed by atoms with Crippen LogP contribution in [0.3, 0.4) is 0 Å². The Morgan fingerprint density at radius 2 is 0.522 bits per heavy atom. The first-order chi connectivity index (χ1) is 34.0. The largest absolute Gasteiger partial charge is 0.462 e. The summed E-state index contributed by atoms with van der Waals surface area (Å²) in [4.78, 5) is 38.2. The van der Waals surface area contributed by atoms with Crippen LogP contribution in [0.4, 0.5) is 0 Å². The average molecular weight is 970 g/mol. The molecule has 6 nitrogen and oxygen atoms in total. The first-order valence-electron chi connectivity index (χ1n) is 30.5. The molecule has 1 atom stereocenters. The lowest BCUT2D eigenvalue weighted by Gasteiger charge is -2.18. The molecule has 404 valence electrons. The molecule has 0 aliphatic carbocycles. The predicted molar refractivity (Wildman–Crippen MR) is 298 cm³/mol. The van der Waals surface area contributed by atoms with Crippen molar-refractivity contribution in [1.82, 2.24) is 0 Å². The third kappa shape index (κ3) is 56.4. The predicted octanol–water partition coefficient (Wildman–Crippen LogP) is 20.4. The molecule has 0 aromatic heterocycles. The zero-order valence-corrected chi connectivity index (χ0v) is 46.3. The van der Waals surface area contributed by atoms with Gasteiger partial charge in [-0.3, -0.25) is 14.4 Å². The van der Waals surface area contributed by atoms with E-state index in [-0.39, 0.29) is 31.1 Å². The number of rotatable bonds is 56. The summed E-state index contributed by atoms with van der Waals surface area (Å²) in [6, 6.07) is 0. The van der Waals surface area contributed by atoms with Crippen molar-refractivity contribution < 1.29 is 28.6 Å². The van der Waals surface area contributed by atoms with Crippen molar-refractivity contribution in [1.29, 1.82) is 0 Å². The zero-order valence-electron chi connectivity index (χ0n) is 46.3. The number of unbranched alkanes of at least 4 members (excludes halogenated alkanes) is 39. The van der Waals surface area contributed by atoms with Crippen molar-refractivity contribution in [2.45, 2.75) is 335 Å². The van der Waals surface area contributed by atoms with Crippen molar-refractivity contribution in [2.75, 3.05) is 13.2 Å². The smallest absolute Gasteiger partial charge is 0.306 e.